The predicted molar refractivity (Wildman–Crippen MR) is 130 cm³/mol. The Morgan fingerprint density at radius 1 is 1.29 bits per heavy atom. The van der Waals surface area contributed by atoms with Crippen LogP contribution in [0.25, 0.3) is 0 Å². The molecule has 1 aromatic carbocycles. The SMILES string of the molecule is CCCC/C=N/N=C/c1cccc(NC(=O)c2cc3c(cc2F)CCN(C(=O)C[C@H](C)O)C3)n1. The monoisotopic (exact) mass is 467 g/mol. The highest BCUT2D eigenvalue weighted by Crippen LogP contribution is 2.24. The van der Waals surface area contributed by atoms with Crippen molar-refractivity contribution in [3.8, 4) is 0 Å². The number of aliphatic hydroxyl groups is 1. The van der Waals surface area contributed by atoms with Crippen molar-refractivity contribution in [2.75, 3.05) is 11.9 Å². The molecule has 0 fully saturated rings. The molecule has 2 N–H and O–H groups in total. The first-order valence-corrected chi connectivity index (χ1v) is 11.5. The van der Waals surface area contributed by atoms with Crippen LogP contribution in [0, 0.1) is 5.82 Å². The van der Waals surface area contributed by atoms with Crippen LogP contribution in [0.1, 0.15) is 66.7 Å². The molecule has 0 radical (unpaired) electrons. The minimum Gasteiger partial charge on any atom is -0.393 e. The Bertz CT molecular complexity index is 1080. The molecule has 0 aliphatic carbocycles. The summed E-state index contributed by atoms with van der Waals surface area (Å²) in [5.74, 6) is -1.17. The van der Waals surface area contributed by atoms with Crippen LogP contribution in [-0.4, -0.2) is 51.9 Å². The number of anilines is 1. The summed E-state index contributed by atoms with van der Waals surface area (Å²) in [5.41, 5.74) is 1.87. The lowest BCUT2D eigenvalue weighted by atomic mass is 9.96. The van der Waals surface area contributed by atoms with Crippen LogP contribution in [0.3, 0.4) is 0 Å². The Morgan fingerprint density at radius 3 is 2.88 bits per heavy atom. The van der Waals surface area contributed by atoms with Crippen LogP contribution in [0.5, 0.6) is 0 Å². The number of carbonyl (C=O) groups excluding carboxylic acids is 2. The van der Waals surface area contributed by atoms with Crippen molar-refractivity contribution < 1.29 is 19.1 Å². The van der Waals surface area contributed by atoms with E-state index in [-0.39, 0.29) is 30.3 Å². The van der Waals surface area contributed by atoms with Crippen LogP contribution in [0.2, 0.25) is 0 Å². The van der Waals surface area contributed by atoms with Crippen molar-refractivity contribution in [2.24, 2.45) is 10.2 Å². The van der Waals surface area contributed by atoms with Gasteiger partial charge in [0, 0.05) is 19.3 Å². The molecule has 2 aromatic rings. The van der Waals surface area contributed by atoms with Crippen LogP contribution in [0.15, 0.2) is 40.5 Å². The number of unbranched alkanes of at least 4 members (excludes halogenated alkanes) is 2. The number of amides is 2. The first-order valence-electron chi connectivity index (χ1n) is 11.5. The van der Waals surface area contributed by atoms with E-state index < -0.39 is 17.8 Å². The van der Waals surface area contributed by atoms with Gasteiger partial charge >= 0.3 is 0 Å². The van der Waals surface area contributed by atoms with Crippen LogP contribution < -0.4 is 5.32 Å². The highest BCUT2D eigenvalue weighted by atomic mass is 19.1. The van der Waals surface area contributed by atoms with E-state index >= 15 is 0 Å². The number of pyridine rings is 1. The summed E-state index contributed by atoms with van der Waals surface area (Å²) in [6.07, 6.45) is 6.00. The number of aromatic nitrogens is 1. The second-order valence-corrected chi connectivity index (χ2v) is 8.31. The second-order valence-electron chi connectivity index (χ2n) is 8.31. The zero-order chi connectivity index (χ0) is 24.5. The number of rotatable bonds is 9. The number of halogens is 1. The first kappa shape index (κ1) is 25.2. The highest BCUT2D eigenvalue weighted by molar-refractivity contribution is 6.04. The molecule has 1 aliphatic heterocycles. The summed E-state index contributed by atoms with van der Waals surface area (Å²) in [5, 5.41) is 20.0. The van der Waals surface area contributed by atoms with Gasteiger partial charge in [0.25, 0.3) is 5.91 Å². The summed E-state index contributed by atoms with van der Waals surface area (Å²) in [4.78, 5) is 31.0. The van der Waals surface area contributed by atoms with Gasteiger partial charge in [0.1, 0.15) is 11.6 Å². The number of carbonyl (C=O) groups is 2. The van der Waals surface area contributed by atoms with E-state index in [2.05, 4.69) is 27.4 Å². The lowest BCUT2D eigenvalue weighted by molar-refractivity contribution is -0.133. The third-order valence-electron chi connectivity index (χ3n) is 5.41. The molecule has 34 heavy (non-hydrogen) atoms. The fourth-order valence-corrected chi connectivity index (χ4v) is 3.62. The summed E-state index contributed by atoms with van der Waals surface area (Å²) in [6, 6.07) is 7.87. The van der Waals surface area contributed by atoms with Crippen molar-refractivity contribution in [3.63, 3.8) is 0 Å². The van der Waals surface area contributed by atoms with Crippen molar-refractivity contribution in [1.82, 2.24) is 9.88 Å². The van der Waals surface area contributed by atoms with Gasteiger partial charge in [-0.2, -0.15) is 10.2 Å². The predicted octanol–water partition coefficient (Wildman–Crippen LogP) is 3.72. The van der Waals surface area contributed by atoms with Crippen LogP contribution in [-0.2, 0) is 17.8 Å². The zero-order valence-corrected chi connectivity index (χ0v) is 19.5. The van der Waals surface area contributed by atoms with Gasteiger partial charge in [-0.15, -0.1) is 0 Å². The van der Waals surface area contributed by atoms with Crippen molar-refractivity contribution >= 4 is 30.1 Å². The highest BCUT2D eigenvalue weighted by Gasteiger charge is 2.24. The molecule has 0 saturated heterocycles. The fraction of sp³-hybridized carbons (Fsp3) is 0.400. The minimum atomic E-state index is -0.732. The van der Waals surface area contributed by atoms with Crippen molar-refractivity contribution in [2.45, 2.75) is 58.6 Å². The molecular weight excluding hydrogens is 437 g/mol. The van der Waals surface area contributed by atoms with E-state index in [9.17, 15) is 19.1 Å². The van der Waals surface area contributed by atoms with E-state index in [1.54, 1.807) is 36.2 Å². The molecular formula is C25H30FN5O3. The molecule has 1 aliphatic rings. The quantitative estimate of drug-likeness (QED) is 0.333. The van der Waals surface area contributed by atoms with Crippen molar-refractivity contribution in [1.29, 1.82) is 0 Å². The van der Waals surface area contributed by atoms with Gasteiger partial charge in [-0.05, 0) is 61.6 Å². The lowest BCUT2D eigenvalue weighted by Gasteiger charge is -2.29. The molecule has 1 aromatic heterocycles. The molecule has 0 spiro atoms. The van der Waals surface area contributed by atoms with Gasteiger partial charge in [-0.3, -0.25) is 9.59 Å². The number of hydrogen-bond acceptors (Lipinski definition) is 6. The summed E-state index contributed by atoms with van der Waals surface area (Å²) in [7, 11) is 0. The number of hydrogen-bond donors (Lipinski definition) is 2. The molecule has 0 bridgehead atoms. The van der Waals surface area contributed by atoms with Gasteiger partial charge < -0.3 is 15.3 Å². The minimum absolute atomic E-state index is 0.0270. The van der Waals surface area contributed by atoms with Crippen LogP contribution in [0.4, 0.5) is 10.2 Å². The molecule has 1 atom stereocenters. The molecule has 180 valence electrons. The molecule has 0 unspecified atom stereocenters. The molecule has 0 saturated carbocycles. The third-order valence-corrected chi connectivity index (χ3v) is 5.41. The van der Waals surface area contributed by atoms with E-state index in [0.717, 1.165) is 24.8 Å². The van der Waals surface area contributed by atoms with E-state index in [4.69, 9.17) is 0 Å². The first-order chi connectivity index (χ1) is 16.4. The summed E-state index contributed by atoms with van der Waals surface area (Å²) >= 11 is 0. The van der Waals surface area contributed by atoms with Gasteiger partial charge in [0.2, 0.25) is 5.91 Å². The maximum Gasteiger partial charge on any atom is 0.259 e. The van der Waals surface area contributed by atoms with Gasteiger partial charge in [0.05, 0.1) is 30.0 Å². The van der Waals surface area contributed by atoms with Gasteiger partial charge in [-0.25, -0.2) is 9.37 Å². The van der Waals surface area contributed by atoms with Gasteiger partial charge in [-0.1, -0.05) is 19.4 Å². The van der Waals surface area contributed by atoms with Crippen molar-refractivity contribution in [3.05, 3.63) is 58.5 Å². The average molecular weight is 468 g/mol. The molecule has 2 heterocycles. The largest absolute Gasteiger partial charge is 0.393 e. The van der Waals surface area contributed by atoms with E-state index in [1.165, 1.54) is 18.3 Å². The molecule has 3 rings (SSSR count). The van der Waals surface area contributed by atoms with Crippen LogP contribution >= 0.6 is 0 Å². The fourth-order valence-electron chi connectivity index (χ4n) is 3.62. The molecule has 9 heteroatoms. The standard InChI is InChI=1S/C25H30FN5O3/c1-3-4-5-10-27-28-15-20-7-6-8-23(29-20)30-25(34)21-13-19-16-31(24(33)12-17(2)32)11-9-18(19)14-22(21)26/h6-8,10,13-15,17,32H,3-5,9,11-12,16H2,1-2H3,(H,29,30,34)/b27-10+,28-15+/t17-/m0/s1. The van der Waals surface area contributed by atoms with Gasteiger partial charge in [0.15, 0.2) is 0 Å². The maximum atomic E-state index is 14.7. The maximum absolute atomic E-state index is 14.7. The smallest absolute Gasteiger partial charge is 0.259 e. The molecule has 8 nitrogen and oxygen atoms in total. The number of fused-ring (bicyclic) bond motifs is 1. The average Bonchev–Trinajstić information content (AvgIpc) is 2.80. The Morgan fingerprint density at radius 2 is 2.12 bits per heavy atom. The Kier molecular flexibility index (Phi) is 8.98. The molecule has 2 amide bonds. The number of aliphatic hydroxyl groups excluding tert-OH is 1. The van der Waals surface area contributed by atoms with E-state index in [0.29, 0.717) is 24.2 Å². The number of nitrogens with one attached hydrogen (secondary N) is 1. The van der Waals surface area contributed by atoms with E-state index in [1.807, 2.05) is 0 Å². The second kappa shape index (κ2) is 12.1. The summed E-state index contributed by atoms with van der Waals surface area (Å²) in [6.45, 7) is 4.38. The summed E-state index contributed by atoms with van der Waals surface area (Å²) < 4.78 is 14.7. The number of nitrogens with zero attached hydrogens (tertiary/aromatic N) is 4. The Labute approximate surface area is 198 Å². The Hall–Kier alpha value is -3.46. The lowest BCUT2D eigenvalue weighted by Crippen LogP contribution is -2.37. The topological polar surface area (TPSA) is 107 Å². The number of benzene rings is 1. The third kappa shape index (κ3) is 7.02. The Balaban J connectivity index is 1.69. The zero-order valence-electron chi connectivity index (χ0n) is 19.5. The normalized spacial score (nSPS) is 14.4.